The van der Waals surface area contributed by atoms with E-state index in [0.29, 0.717) is 33.6 Å². The van der Waals surface area contributed by atoms with Crippen LogP contribution >= 0.6 is 23.4 Å². The van der Waals surface area contributed by atoms with E-state index in [0.717, 1.165) is 11.1 Å². The summed E-state index contributed by atoms with van der Waals surface area (Å²) >= 11 is 7.26. The summed E-state index contributed by atoms with van der Waals surface area (Å²) < 4.78 is 1.71. The maximum atomic E-state index is 12.6. The molecule has 2 aromatic heterocycles. The van der Waals surface area contributed by atoms with Gasteiger partial charge in [-0.15, -0.1) is 10.2 Å². The van der Waals surface area contributed by atoms with Gasteiger partial charge in [0.2, 0.25) is 5.91 Å². The quantitative estimate of drug-likeness (QED) is 0.376. The number of anilines is 1. The van der Waals surface area contributed by atoms with E-state index >= 15 is 0 Å². The molecule has 0 unspecified atom stereocenters. The van der Waals surface area contributed by atoms with Gasteiger partial charge >= 0.3 is 0 Å². The van der Waals surface area contributed by atoms with Crippen LogP contribution in [-0.4, -0.2) is 32.2 Å². The largest absolute Gasteiger partial charge is 0.348 e. The van der Waals surface area contributed by atoms with Crippen LogP contribution in [0.2, 0.25) is 5.02 Å². The maximum Gasteiger partial charge on any atom is 0.253 e. The molecule has 4 rings (SSSR count). The molecule has 9 heteroatoms. The summed E-state index contributed by atoms with van der Waals surface area (Å²) in [5.41, 5.74) is 4.87. The van der Waals surface area contributed by atoms with Crippen molar-refractivity contribution < 1.29 is 9.59 Å². The molecular weight excluding hydrogens is 458 g/mol. The number of fused-ring (bicyclic) bond motifs is 1. The lowest BCUT2D eigenvalue weighted by molar-refractivity contribution is -0.113. The summed E-state index contributed by atoms with van der Waals surface area (Å²) in [6, 6.07) is 16.8. The number of benzene rings is 2. The number of hydrogen-bond donors (Lipinski definition) is 2. The number of rotatable bonds is 7. The first-order chi connectivity index (χ1) is 15.9. The monoisotopic (exact) mass is 479 g/mol. The summed E-state index contributed by atoms with van der Waals surface area (Å²) in [6.07, 6.45) is 1.68. The normalized spacial score (nSPS) is 10.9. The van der Waals surface area contributed by atoms with Gasteiger partial charge in [0, 0.05) is 23.5 Å². The molecule has 0 spiro atoms. The van der Waals surface area contributed by atoms with Crippen molar-refractivity contribution in [1.29, 1.82) is 0 Å². The lowest BCUT2D eigenvalue weighted by atomic mass is 10.1. The van der Waals surface area contributed by atoms with Gasteiger partial charge in [-0.1, -0.05) is 59.3 Å². The van der Waals surface area contributed by atoms with Crippen molar-refractivity contribution in [1.82, 2.24) is 19.9 Å². The van der Waals surface area contributed by atoms with Crippen LogP contribution in [0.15, 0.2) is 66.0 Å². The van der Waals surface area contributed by atoms with Crippen molar-refractivity contribution >= 4 is 46.5 Å². The number of aryl methyl sites for hydroxylation is 2. The van der Waals surface area contributed by atoms with Gasteiger partial charge in [-0.2, -0.15) is 0 Å². The Morgan fingerprint density at radius 2 is 1.82 bits per heavy atom. The van der Waals surface area contributed by atoms with Crippen molar-refractivity contribution in [3.8, 4) is 0 Å². The highest BCUT2D eigenvalue weighted by Crippen LogP contribution is 2.22. The van der Waals surface area contributed by atoms with E-state index in [-0.39, 0.29) is 17.6 Å². The van der Waals surface area contributed by atoms with E-state index in [9.17, 15) is 9.59 Å². The molecule has 0 fully saturated rings. The molecule has 168 valence electrons. The third kappa shape index (κ3) is 5.71. The van der Waals surface area contributed by atoms with Gasteiger partial charge in [0.1, 0.15) is 0 Å². The molecule has 0 aliphatic rings. The zero-order chi connectivity index (χ0) is 23.4. The summed E-state index contributed by atoms with van der Waals surface area (Å²) in [7, 11) is 0. The molecule has 0 bridgehead atoms. The number of hydrogen-bond acceptors (Lipinski definition) is 5. The number of halogens is 1. The first kappa shape index (κ1) is 22.8. The zero-order valence-electron chi connectivity index (χ0n) is 18.1. The average Bonchev–Trinajstić information content (AvgIpc) is 3.22. The second-order valence-electron chi connectivity index (χ2n) is 7.59. The van der Waals surface area contributed by atoms with Crippen molar-refractivity contribution in [2.75, 3.05) is 11.1 Å². The fourth-order valence-electron chi connectivity index (χ4n) is 3.14. The summed E-state index contributed by atoms with van der Waals surface area (Å²) in [6.45, 7) is 4.36. The summed E-state index contributed by atoms with van der Waals surface area (Å²) in [4.78, 5) is 25.1. The van der Waals surface area contributed by atoms with Crippen molar-refractivity contribution in [2.45, 2.75) is 25.5 Å². The molecular formula is C24H22ClN5O2S. The minimum Gasteiger partial charge on any atom is -0.348 e. The second-order valence-corrected chi connectivity index (χ2v) is 8.97. The van der Waals surface area contributed by atoms with Gasteiger partial charge in [0.25, 0.3) is 5.91 Å². The Kier molecular flexibility index (Phi) is 6.96. The van der Waals surface area contributed by atoms with Gasteiger partial charge in [-0.3, -0.25) is 14.0 Å². The maximum absolute atomic E-state index is 12.6. The Bertz CT molecular complexity index is 1320. The van der Waals surface area contributed by atoms with E-state index in [4.69, 9.17) is 11.6 Å². The Labute approximate surface area is 200 Å². The van der Waals surface area contributed by atoms with E-state index in [2.05, 4.69) is 20.8 Å². The first-order valence-electron chi connectivity index (χ1n) is 10.3. The fraction of sp³-hybridized carbons (Fsp3) is 0.167. The third-order valence-corrected chi connectivity index (χ3v) is 6.19. The van der Waals surface area contributed by atoms with E-state index < -0.39 is 0 Å². The van der Waals surface area contributed by atoms with Gasteiger partial charge in [-0.25, -0.2) is 0 Å². The fourth-order valence-corrected chi connectivity index (χ4v) is 4.03. The topological polar surface area (TPSA) is 88.4 Å². The molecule has 2 heterocycles. The van der Waals surface area contributed by atoms with Crippen LogP contribution in [0, 0.1) is 13.8 Å². The highest BCUT2D eigenvalue weighted by atomic mass is 35.5. The number of pyridine rings is 1. The summed E-state index contributed by atoms with van der Waals surface area (Å²) in [5.74, 6) is -0.248. The highest BCUT2D eigenvalue weighted by molar-refractivity contribution is 7.99. The minimum absolute atomic E-state index is 0.136. The van der Waals surface area contributed by atoms with Crippen LogP contribution in [-0.2, 0) is 11.3 Å². The smallest absolute Gasteiger partial charge is 0.253 e. The molecule has 0 saturated carbocycles. The van der Waals surface area contributed by atoms with Gasteiger partial charge < -0.3 is 10.6 Å². The lowest BCUT2D eigenvalue weighted by Crippen LogP contribution is -2.23. The minimum atomic E-state index is -0.198. The molecule has 0 saturated heterocycles. The summed E-state index contributed by atoms with van der Waals surface area (Å²) in [5, 5.41) is 15.1. The lowest BCUT2D eigenvalue weighted by Gasteiger charge is -2.09. The average molecular weight is 480 g/mol. The number of carbonyl (C=O) groups excluding carboxylic acids is 2. The van der Waals surface area contributed by atoms with Crippen molar-refractivity contribution in [3.05, 3.63) is 88.1 Å². The molecule has 2 amide bonds. The van der Waals surface area contributed by atoms with E-state index in [1.165, 1.54) is 17.3 Å². The number of nitrogens with zero attached hydrogens (tertiary/aromatic N) is 3. The highest BCUT2D eigenvalue weighted by Gasteiger charge is 2.13. The predicted molar refractivity (Wildman–Crippen MR) is 131 cm³/mol. The Balaban J connectivity index is 1.40. The van der Waals surface area contributed by atoms with E-state index in [1.54, 1.807) is 34.9 Å². The van der Waals surface area contributed by atoms with Gasteiger partial charge in [0.15, 0.2) is 10.8 Å². The zero-order valence-corrected chi connectivity index (χ0v) is 19.7. The number of aromatic nitrogens is 3. The molecule has 0 aliphatic carbocycles. The van der Waals surface area contributed by atoms with Crippen LogP contribution in [0.5, 0.6) is 0 Å². The van der Waals surface area contributed by atoms with Crippen LogP contribution in [0.1, 0.15) is 27.0 Å². The van der Waals surface area contributed by atoms with Crippen LogP contribution in [0.3, 0.4) is 0 Å². The van der Waals surface area contributed by atoms with Gasteiger partial charge in [0.05, 0.1) is 11.3 Å². The number of nitrogens with one attached hydrogen (secondary N) is 2. The molecule has 4 aromatic rings. The third-order valence-electron chi connectivity index (χ3n) is 5.01. The van der Waals surface area contributed by atoms with Crippen LogP contribution in [0.4, 0.5) is 5.69 Å². The van der Waals surface area contributed by atoms with Gasteiger partial charge in [-0.05, 0) is 49.2 Å². The van der Waals surface area contributed by atoms with Crippen LogP contribution < -0.4 is 10.6 Å². The van der Waals surface area contributed by atoms with E-state index in [1.807, 2.05) is 44.2 Å². The molecule has 33 heavy (non-hydrogen) atoms. The number of thioether (sulfide) groups is 1. The number of amides is 2. The molecule has 2 aromatic carbocycles. The molecule has 7 nitrogen and oxygen atoms in total. The molecule has 2 N–H and O–H groups in total. The number of carbonyl (C=O) groups is 2. The Hall–Kier alpha value is -3.36. The molecule has 0 atom stereocenters. The predicted octanol–water partition coefficient (Wildman–Crippen LogP) is 4.66. The molecule has 0 radical (unpaired) electrons. The van der Waals surface area contributed by atoms with Crippen molar-refractivity contribution in [2.24, 2.45) is 0 Å². The van der Waals surface area contributed by atoms with Crippen molar-refractivity contribution in [3.63, 3.8) is 0 Å². The Morgan fingerprint density at radius 3 is 2.61 bits per heavy atom. The standard InChI is InChI=1S/C24H22ClN5O2S/c1-15-3-6-17(7-4-15)12-26-23(32)18-8-10-21-28-29-24(30(21)13-18)33-14-22(31)27-20-11-19(25)9-5-16(20)2/h3-11,13H,12,14H2,1-2H3,(H,26,32)(H,27,31). The molecule has 0 aliphatic heterocycles. The first-order valence-corrected chi connectivity index (χ1v) is 11.6. The SMILES string of the molecule is Cc1ccc(CNC(=O)c2ccc3nnc(SCC(=O)Nc4cc(Cl)ccc4C)n3c2)cc1. The van der Waals surface area contributed by atoms with Crippen LogP contribution in [0.25, 0.3) is 5.65 Å². The Morgan fingerprint density at radius 1 is 1.03 bits per heavy atom. The second kappa shape index (κ2) is 10.1.